The van der Waals surface area contributed by atoms with Crippen molar-refractivity contribution in [2.45, 2.75) is 24.8 Å². The summed E-state index contributed by atoms with van der Waals surface area (Å²) in [6.07, 6.45) is 2.02. The van der Waals surface area contributed by atoms with Crippen molar-refractivity contribution in [1.29, 1.82) is 0 Å². The molecule has 0 aromatic heterocycles. The number of carbonyl (C=O) groups excluding carboxylic acids is 1. The van der Waals surface area contributed by atoms with Crippen LogP contribution in [0, 0.1) is 0 Å². The van der Waals surface area contributed by atoms with Gasteiger partial charge >= 0.3 is 6.09 Å². The van der Waals surface area contributed by atoms with Crippen molar-refractivity contribution in [2.75, 3.05) is 63.6 Å². The largest absolute Gasteiger partial charge is 0.495 e. The highest BCUT2D eigenvalue weighted by molar-refractivity contribution is 5.79. The number of nitrogens with zero attached hydrogens (tertiary/aromatic N) is 3. The zero-order chi connectivity index (χ0) is 26.1. The minimum atomic E-state index is -0.196. The summed E-state index contributed by atoms with van der Waals surface area (Å²) in [7, 11) is 1.66. The third kappa shape index (κ3) is 4.67. The second kappa shape index (κ2) is 10.6. The Balaban J connectivity index is 0.993. The van der Waals surface area contributed by atoms with E-state index in [2.05, 4.69) is 64.4 Å². The monoisotopic (exact) mass is 512 g/mol. The van der Waals surface area contributed by atoms with Crippen molar-refractivity contribution in [1.82, 2.24) is 9.80 Å². The number of methoxy groups -OCH3 is 1. The number of anilines is 2. The minimum Gasteiger partial charge on any atom is -0.495 e. The molecule has 38 heavy (non-hydrogen) atoms. The first kappa shape index (κ1) is 24.6. The van der Waals surface area contributed by atoms with Crippen LogP contribution in [0.2, 0.25) is 0 Å². The second-order valence-corrected chi connectivity index (χ2v) is 10.5. The standard InChI is InChI=1S/C31H36N4O3/c1-37-30-20-23(10-11-29(30)32)33-14-12-22(13-15-33)34-16-18-35(19-17-34)31(36)38-21-28-26-8-4-2-6-24(26)25-7-3-5-9-27(25)28/h2-11,20,22,28H,12-19,21,32H2,1H3. The van der Waals surface area contributed by atoms with E-state index in [1.165, 1.54) is 22.3 Å². The average Bonchev–Trinajstić information content (AvgIpc) is 3.30. The zero-order valence-electron chi connectivity index (χ0n) is 22.0. The summed E-state index contributed by atoms with van der Waals surface area (Å²) in [4.78, 5) is 19.8. The molecule has 0 unspecified atom stereocenters. The lowest BCUT2D eigenvalue weighted by molar-refractivity contribution is 0.0576. The van der Waals surface area contributed by atoms with Gasteiger partial charge in [-0.25, -0.2) is 4.79 Å². The van der Waals surface area contributed by atoms with E-state index >= 15 is 0 Å². The Labute approximate surface area is 224 Å². The second-order valence-electron chi connectivity index (χ2n) is 10.5. The number of benzene rings is 3. The fourth-order valence-corrected chi connectivity index (χ4v) is 6.34. The number of fused-ring (bicyclic) bond motifs is 3. The predicted molar refractivity (Wildman–Crippen MR) is 151 cm³/mol. The molecular weight excluding hydrogens is 476 g/mol. The molecule has 0 spiro atoms. The van der Waals surface area contributed by atoms with Gasteiger partial charge in [0.2, 0.25) is 0 Å². The molecule has 6 rings (SSSR count). The van der Waals surface area contributed by atoms with E-state index in [0.717, 1.165) is 50.5 Å². The molecule has 0 saturated carbocycles. The summed E-state index contributed by atoms with van der Waals surface area (Å²) in [5.41, 5.74) is 12.8. The molecule has 2 saturated heterocycles. The van der Waals surface area contributed by atoms with Crippen molar-refractivity contribution in [2.24, 2.45) is 0 Å². The maximum Gasteiger partial charge on any atom is 0.409 e. The molecule has 7 nitrogen and oxygen atoms in total. The lowest BCUT2D eigenvalue weighted by Crippen LogP contribution is -2.54. The quantitative estimate of drug-likeness (QED) is 0.495. The molecule has 3 aromatic rings. The van der Waals surface area contributed by atoms with E-state index in [0.29, 0.717) is 31.4 Å². The Morgan fingerprint density at radius 1 is 0.868 bits per heavy atom. The van der Waals surface area contributed by atoms with Crippen LogP contribution in [0.15, 0.2) is 66.7 Å². The molecule has 2 heterocycles. The predicted octanol–water partition coefficient (Wildman–Crippen LogP) is 4.81. The van der Waals surface area contributed by atoms with Crippen LogP contribution in [0.4, 0.5) is 16.2 Å². The summed E-state index contributed by atoms with van der Waals surface area (Å²) in [6, 6.07) is 23.5. The number of nitrogens with two attached hydrogens (primary N) is 1. The molecule has 0 atom stereocenters. The molecule has 3 aromatic carbocycles. The Kier molecular flexibility index (Phi) is 6.85. The van der Waals surface area contributed by atoms with E-state index < -0.39 is 0 Å². The van der Waals surface area contributed by atoms with Crippen molar-refractivity contribution in [3.8, 4) is 16.9 Å². The van der Waals surface area contributed by atoms with Gasteiger partial charge in [-0.1, -0.05) is 48.5 Å². The molecule has 2 N–H and O–H groups in total. The Hall–Kier alpha value is -3.71. The molecular formula is C31H36N4O3. The van der Waals surface area contributed by atoms with Gasteiger partial charge in [-0.05, 0) is 47.2 Å². The number of ether oxygens (including phenoxy) is 2. The molecule has 0 radical (unpaired) electrons. The van der Waals surface area contributed by atoms with Crippen LogP contribution in [0.25, 0.3) is 11.1 Å². The summed E-state index contributed by atoms with van der Waals surface area (Å²) in [5.74, 6) is 0.827. The number of hydrogen-bond acceptors (Lipinski definition) is 6. The fourth-order valence-electron chi connectivity index (χ4n) is 6.34. The maximum absolute atomic E-state index is 13.0. The van der Waals surface area contributed by atoms with Gasteiger partial charge in [-0.3, -0.25) is 4.90 Å². The molecule has 3 aliphatic rings. The number of carbonyl (C=O) groups is 1. The number of piperidine rings is 1. The lowest BCUT2D eigenvalue weighted by atomic mass is 9.98. The van der Waals surface area contributed by atoms with Crippen molar-refractivity contribution in [3.05, 3.63) is 77.9 Å². The normalized spacial score (nSPS) is 18.2. The highest BCUT2D eigenvalue weighted by atomic mass is 16.6. The Bertz CT molecular complexity index is 1250. The highest BCUT2D eigenvalue weighted by Gasteiger charge is 2.32. The van der Waals surface area contributed by atoms with Crippen molar-refractivity contribution >= 4 is 17.5 Å². The van der Waals surface area contributed by atoms with E-state index in [-0.39, 0.29) is 12.0 Å². The summed E-state index contributed by atoms with van der Waals surface area (Å²) in [6.45, 7) is 5.60. The average molecular weight is 513 g/mol. The maximum atomic E-state index is 13.0. The Morgan fingerprint density at radius 2 is 1.50 bits per heavy atom. The van der Waals surface area contributed by atoms with E-state index in [1.807, 2.05) is 17.0 Å². The van der Waals surface area contributed by atoms with Gasteiger partial charge in [0.15, 0.2) is 0 Å². The molecule has 2 fully saturated rings. The first-order valence-electron chi connectivity index (χ1n) is 13.6. The van der Waals surface area contributed by atoms with Crippen LogP contribution >= 0.6 is 0 Å². The van der Waals surface area contributed by atoms with Crippen LogP contribution in [-0.2, 0) is 4.74 Å². The van der Waals surface area contributed by atoms with E-state index in [1.54, 1.807) is 7.11 Å². The molecule has 2 aliphatic heterocycles. The number of rotatable bonds is 5. The highest BCUT2D eigenvalue weighted by Crippen LogP contribution is 2.44. The molecule has 0 bridgehead atoms. The fraction of sp³-hybridized carbons (Fsp3) is 0.387. The van der Waals surface area contributed by atoms with Gasteiger partial charge < -0.3 is 25.0 Å². The summed E-state index contributed by atoms with van der Waals surface area (Å²) < 4.78 is 11.3. The van der Waals surface area contributed by atoms with Crippen molar-refractivity contribution in [3.63, 3.8) is 0 Å². The van der Waals surface area contributed by atoms with Gasteiger partial charge in [0.1, 0.15) is 12.4 Å². The minimum absolute atomic E-state index is 0.0962. The van der Waals surface area contributed by atoms with Gasteiger partial charge in [-0.2, -0.15) is 0 Å². The van der Waals surface area contributed by atoms with Gasteiger partial charge in [0.05, 0.1) is 12.8 Å². The SMILES string of the molecule is COc1cc(N2CCC(N3CCN(C(=O)OCC4c5ccccc5-c5ccccc54)CC3)CC2)ccc1N. The van der Waals surface area contributed by atoms with Crippen LogP contribution in [0.1, 0.15) is 29.9 Å². The Morgan fingerprint density at radius 3 is 2.13 bits per heavy atom. The van der Waals surface area contributed by atoms with E-state index in [4.69, 9.17) is 15.2 Å². The first-order valence-corrected chi connectivity index (χ1v) is 13.6. The van der Waals surface area contributed by atoms with E-state index in [9.17, 15) is 4.79 Å². The third-order valence-corrected chi connectivity index (χ3v) is 8.47. The van der Waals surface area contributed by atoms with Gasteiger partial charge in [-0.15, -0.1) is 0 Å². The number of amides is 1. The zero-order valence-corrected chi connectivity index (χ0v) is 22.0. The molecule has 7 heteroatoms. The van der Waals surface area contributed by atoms with Crippen LogP contribution < -0.4 is 15.4 Å². The van der Waals surface area contributed by atoms with Crippen LogP contribution in [0.5, 0.6) is 5.75 Å². The summed E-state index contributed by atoms with van der Waals surface area (Å²) in [5, 5.41) is 0. The van der Waals surface area contributed by atoms with Crippen LogP contribution in [-0.4, -0.2) is 74.9 Å². The summed E-state index contributed by atoms with van der Waals surface area (Å²) >= 11 is 0. The lowest BCUT2D eigenvalue weighted by Gasteiger charge is -2.43. The molecule has 1 aliphatic carbocycles. The smallest absolute Gasteiger partial charge is 0.409 e. The number of nitrogen functional groups attached to an aromatic ring is 1. The molecule has 1 amide bonds. The van der Waals surface area contributed by atoms with Crippen LogP contribution in [0.3, 0.4) is 0 Å². The van der Waals surface area contributed by atoms with Gasteiger partial charge in [0.25, 0.3) is 0 Å². The third-order valence-electron chi connectivity index (χ3n) is 8.47. The van der Waals surface area contributed by atoms with Crippen molar-refractivity contribution < 1.29 is 14.3 Å². The topological polar surface area (TPSA) is 71.3 Å². The molecule has 198 valence electrons. The first-order chi connectivity index (χ1) is 18.6. The number of piperazine rings is 1. The number of hydrogen-bond donors (Lipinski definition) is 1. The van der Waals surface area contributed by atoms with Gasteiger partial charge in [0, 0.05) is 63.0 Å².